The van der Waals surface area contributed by atoms with Gasteiger partial charge in [-0.05, 0) is 49.1 Å². The van der Waals surface area contributed by atoms with Crippen LogP contribution < -0.4 is 0 Å². The van der Waals surface area contributed by atoms with Gasteiger partial charge in [-0.1, -0.05) is 61.7 Å². The van der Waals surface area contributed by atoms with Gasteiger partial charge in [0, 0.05) is 0 Å². The Kier molecular flexibility index (Phi) is 5.26. The molecule has 0 aliphatic carbocycles. The Morgan fingerprint density at radius 2 is 1.76 bits per heavy atom. The van der Waals surface area contributed by atoms with Crippen molar-refractivity contribution in [2.45, 2.75) is 39.5 Å². The number of nitrogens with one attached hydrogen (secondary N) is 1. The summed E-state index contributed by atoms with van der Waals surface area (Å²) >= 11 is 0. The molecule has 0 bridgehead atoms. The van der Waals surface area contributed by atoms with Crippen molar-refractivity contribution in [3.8, 4) is 34.0 Å². The summed E-state index contributed by atoms with van der Waals surface area (Å²) in [6.07, 6.45) is 3.97. The summed E-state index contributed by atoms with van der Waals surface area (Å²) in [5.74, 6) is 0.796. The molecule has 0 saturated carbocycles. The predicted octanol–water partition coefficient (Wildman–Crippen LogP) is 6.35. The highest BCUT2D eigenvalue weighted by molar-refractivity contribution is 5.89. The van der Waals surface area contributed by atoms with Crippen molar-refractivity contribution in [2.75, 3.05) is 0 Å². The molecule has 3 N–H and O–H groups in total. The molecule has 1 heterocycles. The maximum atomic E-state index is 11.3. The summed E-state index contributed by atoms with van der Waals surface area (Å²) in [4.78, 5) is 8.06. The minimum atomic E-state index is 0.0705. The van der Waals surface area contributed by atoms with Gasteiger partial charge in [0.2, 0.25) is 0 Å². The fourth-order valence-electron chi connectivity index (χ4n) is 3.89. The number of benzene rings is 3. The normalized spacial score (nSPS) is 11.2. The number of hydrogen-bond donors (Lipinski definition) is 3. The van der Waals surface area contributed by atoms with E-state index in [0.717, 1.165) is 53.4 Å². The van der Waals surface area contributed by atoms with Crippen molar-refractivity contribution in [2.24, 2.45) is 0 Å². The monoisotopic (exact) mass is 386 g/mol. The summed E-state index contributed by atoms with van der Waals surface area (Å²) in [7, 11) is 0. The standard InChI is InChI=1S/C25H26N2O2/c1-3-4-5-10-18-15-21(28)22(17-11-8-9-16(2)14-17)24(29)23(18)25-26-19-12-6-7-13-20(19)27-25/h6-9,11-15,28-29H,3-5,10H2,1-2H3,(H,26,27). The molecule has 4 nitrogen and oxygen atoms in total. The first-order valence-electron chi connectivity index (χ1n) is 10.2. The molecule has 4 rings (SSSR count). The first kappa shape index (κ1) is 19.1. The molecule has 4 heteroatoms. The second kappa shape index (κ2) is 8.00. The second-order valence-electron chi connectivity index (χ2n) is 7.58. The fourth-order valence-corrected chi connectivity index (χ4v) is 3.89. The van der Waals surface area contributed by atoms with Crippen molar-refractivity contribution in [1.29, 1.82) is 0 Å². The van der Waals surface area contributed by atoms with E-state index in [0.29, 0.717) is 17.0 Å². The molecule has 0 aliphatic rings. The highest BCUT2D eigenvalue weighted by atomic mass is 16.3. The largest absolute Gasteiger partial charge is 0.507 e. The van der Waals surface area contributed by atoms with E-state index in [1.807, 2.05) is 55.5 Å². The summed E-state index contributed by atoms with van der Waals surface area (Å²) in [5.41, 5.74) is 5.66. The van der Waals surface area contributed by atoms with Gasteiger partial charge < -0.3 is 15.2 Å². The van der Waals surface area contributed by atoms with Crippen LogP contribution in [0, 0.1) is 6.92 Å². The number of phenolic OH excluding ortho intramolecular Hbond substituents is 2. The lowest BCUT2D eigenvalue weighted by atomic mass is 9.92. The van der Waals surface area contributed by atoms with Gasteiger partial charge in [-0.15, -0.1) is 0 Å². The smallest absolute Gasteiger partial charge is 0.142 e. The van der Waals surface area contributed by atoms with Crippen LogP contribution in [0.3, 0.4) is 0 Å². The zero-order chi connectivity index (χ0) is 20.4. The van der Waals surface area contributed by atoms with E-state index in [9.17, 15) is 10.2 Å². The third-order valence-electron chi connectivity index (χ3n) is 5.34. The summed E-state index contributed by atoms with van der Waals surface area (Å²) in [6, 6.07) is 17.4. The Morgan fingerprint density at radius 3 is 2.52 bits per heavy atom. The molecule has 0 aliphatic heterocycles. The van der Waals surface area contributed by atoms with Gasteiger partial charge in [0.05, 0.1) is 22.2 Å². The third-order valence-corrected chi connectivity index (χ3v) is 5.34. The van der Waals surface area contributed by atoms with Gasteiger partial charge in [0.15, 0.2) is 0 Å². The van der Waals surface area contributed by atoms with E-state index in [4.69, 9.17) is 4.98 Å². The van der Waals surface area contributed by atoms with E-state index in [2.05, 4.69) is 11.9 Å². The molecule has 0 spiro atoms. The number of imidazole rings is 1. The Balaban J connectivity index is 1.93. The molecule has 0 atom stereocenters. The Labute approximate surface area is 170 Å². The minimum absolute atomic E-state index is 0.0705. The minimum Gasteiger partial charge on any atom is -0.507 e. The van der Waals surface area contributed by atoms with Crippen LogP contribution in [0.4, 0.5) is 0 Å². The summed E-state index contributed by atoms with van der Waals surface area (Å²) in [6.45, 7) is 4.16. The van der Waals surface area contributed by atoms with Crippen LogP contribution in [-0.2, 0) is 6.42 Å². The van der Waals surface area contributed by atoms with Crippen molar-refractivity contribution in [3.05, 3.63) is 65.7 Å². The van der Waals surface area contributed by atoms with Crippen LogP contribution in [0.15, 0.2) is 54.6 Å². The van der Waals surface area contributed by atoms with Crippen molar-refractivity contribution >= 4 is 11.0 Å². The number of aromatic amines is 1. The van der Waals surface area contributed by atoms with Crippen molar-refractivity contribution in [3.63, 3.8) is 0 Å². The maximum absolute atomic E-state index is 11.3. The molecular weight excluding hydrogens is 360 g/mol. The van der Waals surface area contributed by atoms with Crippen molar-refractivity contribution < 1.29 is 10.2 Å². The molecule has 4 aromatic rings. The van der Waals surface area contributed by atoms with Gasteiger partial charge in [0.1, 0.15) is 17.3 Å². The molecule has 0 unspecified atom stereocenters. The predicted molar refractivity (Wildman–Crippen MR) is 118 cm³/mol. The number of para-hydroxylation sites is 2. The number of phenols is 2. The van der Waals surface area contributed by atoms with Crippen LogP contribution in [0.25, 0.3) is 33.5 Å². The molecule has 1 aromatic heterocycles. The van der Waals surface area contributed by atoms with Gasteiger partial charge in [-0.2, -0.15) is 0 Å². The van der Waals surface area contributed by atoms with E-state index >= 15 is 0 Å². The summed E-state index contributed by atoms with van der Waals surface area (Å²) < 4.78 is 0. The lowest BCUT2D eigenvalue weighted by Gasteiger charge is -2.16. The number of H-pyrrole nitrogens is 1. The topological polar surface area (TPSA) is 69.1 Å². The Bertz CT molecular complexity index is 1130. The van der Waals surface area contributed by atoms with E-state index < -0.39 is 0 Å². The SMILES string of the molecule is CCCCCc1cc(O)c(-c2cccc(C)c2)c(O)c1-c1nc2ccccc2[nH]1. The van der Waals surface area contributed by atoms with Crippen LogP contribution >= 0.6 is 0 Å². The number of aryl methyl sites for hydroxylation is 2. The van der Waals surface area contributed by atoms with Crippen LogP contribution in [0.2, 0.25) is 0 Å². The highest BCUT2D eigenvalue weighted by Crippen LogP contribution is 2.46. The number of unbranched alkanes of at least 4 members (excludes halogenated alkanes) is 2. The average molecular weight is 386 g/mol. The van der Waals surface area contributed by atoms with Crippen LogP contribution in [0.1, 0.15) is 37.3 Å². The van der Waals surface area contributed by atoms with Gasteiger partial charge in [-0.3, -0.25) is 0 Å². The quantitative estimate of drug-likeness (QED) is 0.338. The van der Waals surface area contributed by atoms with Gasteiger partial charge >= 0.3 is 0 Å². The number of nitrogens with zero attached hydrogens (tertiary/aromatic N) is 1. The van der Waals surface area contributed by atoms with E-state index in [1.165, 1.54) is 0 Å². The average Bonchev–Trinajstić information content (AvgIpc) is 3.11. The van der Waals surface area contributed by atoms with E-state index in [-0.39, 0.29) is 11.5 Å². The fraction of sp³-hybridized carbons (Fsp3) is 0.240. The number of fused-ring (bicyclic) bond motifs is 1. The zero-order valence-corrected chi connectivity index (χ0v) is 16.9. The first-order valence-corrected chi connectivity index (χ1v) is 10.2. The van der Waals surface area contributed by atoms with E-state index in [1.54, 1.807) is 6.07 Å². The maximum Gasteiger partial charge on any atom is 0.142 e. The molecule has 29 heavy (non-hydrogen) atoms. The highest BCUT2D eigenvalue weighted by Gasteiger charge is 2.22. The third kappa shape index (κ3) is 3.70. The molecule has 3 aromatic carbocycles. The number of rotatable bonds is 6. The number of aromatic nitrogens is 2. The number of hydrogen-bond acceptors (Lipinski definition) is 3. The molecule has 0 radical (unpaired) electrons. The van der Waals surface area contributed by atoms with Gasteiger partial charge in [-0.25, -0.2) is 4.98 Å². The Hall–Kier alpha value is -3.27. The molecule has 0 amide bonds. The molecule has 0 saturated heterocycles. The Morgan fingerprint density at radius 1 is 0.931 bits per heavy atom. The summed E-state index contributed by atoms with van der Waals surface area (Å²) in [5, 5.41) is 22.1. The molecular formula is C25H26N2O2. The van der Waals surface area contributed by atoms with Crippen molar-refractivity contribution in [1.82, 2.24) is 9.97 Å². The zero-order valence-electron chi connectivity index (χ0n) is 16.9. The first-order chi connectivity index (χ1) is 14.1. The molecule has 0 fully saturated rings. The molecule has 148 valence electrons. The number of aromatic hydroxyl groups is 2. The second-order valence-corrected chi connectivity index (χ2v) is 7.58. The van der Waals surface area contributed by atoms with Crippen LogP contribution in [0.5, 0.6) is 11.5 Å². The van der Waals surface area contributed by atoms with Gasteiger partial charge in [0.25, 0.3) is 0 Å². The lowest BCUT2D eigenvalue weighted by Crippen LogP contribution is -1.96. The van der Waals surface area contributed by atoms with Crippen LogP contribution in [-0.4, -0.2) is 20.2 Å². The lowest BCUT2D eigenvalue weighted by molar-refractivity contribution is 0.454.